The minimum absolute atomic E-state index is 0.0406. The molecule has 0 saturated carbocycles. The molecule has 6 heteroatoms. The fraction of sp³-hybridized carbons (Fsp3) is 0.0667. The van der Waals surface area contributed by atoms with E-state index >= 15 is 0 Å². The smallest absolute Gasteiger partial charge is 0.243 e. The van der Waals surface area contributed by atoms with E-state index < -0.39 is 0 Å². The van der Waals surface area contributed by atoms with Gasteiger partial charge in [0.05, 0.1) is 17.8 Å². The largest absolute Gasteiger partial charge is 0.375 e. The number of anilines is 2. The molecule has 21 heavy (non-hydrogen) atoms. The summed E-state index contributed by atoms with van der Waals surface area (Å²) in [5, 5.41) is 15.7. The highest BCUT2D eigenvalue weighted by Gasteiger charge is 2.06. The maximum Gasteiger partial charge on any atom is 0.243 e. The molecule has 0 spiro atoms. The van der Waals surface area contributed by atoms with Crippen LogP contribution in [0.25, 0.3) is 0 Å². The summed E-state index contributed by atoms with van der Waals surface area (Å²) >= 11 is 11.6. The predicted molar refractivity (Wildman–Crippen MR) is 84.7 cm³/mol. The summed E-state index contributed by atoms with van der Waals surface area (Å²) in [7, 11) is 0. The molecule has 0 bridgehead atoms. The molecule has 0 radical (unpaired) electrons. The molecule has 0 saturated heterocycles. The van der Waals surface area contributed by atoms with Crippen molar-refractivity contribution < 1.29 is 4.79 Å². The first-order valence-corrected chi connectivity index (χ1v) is 6.83. The van der Waals surface area contributed by atoms with Gasteiger partial charge in [0.15, 0.2) is 0 Å². The summed E-state index contributed by atoms with van der Waals surface area (Å²) in [6, 6.07) is 13.7. The number of amides is 1. The highest BCUT2D eigenvalue weighted by molar-refractivity contribution is 6.31. The van der Waals surface area contributed by atoms with E-state index in [4.69, 9.17) is 28.5 Å². The maximum absolute atomic E-state index is 11.8. The Morgan fingerprint density at radius 3 is 2.43 bits per heavy atom. The Balaban J connectivity index is 1.95. The van der Waals surface area contributed by atoms with Crippen LogP contribution >= 0.6 is 23.2 Å². The third-order valence-corrected chi connectivity index (χ3v) is 3.16. The second-order valence-electron chi connectivity index (χ2n) is 4.21. The van der Waals surface area contributed by atoms with Crippen molar-refractivity contribution in [3.05, 3.63) is 58.1 Å². The molecule has 2 aromatic carbocycles. The molecule has 0 heterocycles. The van der Waals surface area contributed by atoms with Gasteiger partial charge in [0.25, 0.3) is 0 Å². The Bertz CT molecular complexity index is 693. The van der Waals surface area contributed by atoms with Crippen molar-refractivity contribution in [2.24, 2.45) is 0 Å². The van der Waals surface area contributed by atoms with Gasteiger partial charge < -0.3 is 10.6 Å². The van der Waals surface area contributed by atoms with Gasteiger partial charge in [0.1, 0.15) is 6.07 Å². The van der Waals surface area contributed by atoms with E-state index in [1.807, 2.05) is 6.07 Å². The van der Waals surface area contributed by atoms with Gasteiger partial charge in [-0.3, -0.25) is 4.79 Å². The van der Waals surface area contributed by atoms with Gasteiger partial charge in [0.2, 0.25) is 5.91 Å². The molecule has 106 valence electrons. The summed E-state index contributed by atoms with van der Waals surface area (Å²) in [4.78, 5) is 11.8. The van der Waals surface area contributed by atoms with Crippen LogP contribution in [0.1, 0.15) is 5.56 Å². The third-order valence-electron chi connectivity index (χ3n) is 2.67. The number of carbonyl (C=O) groups excluding carboxylic acids is 1. The van der Waals surface area contributed by atoms with Gasteiger partial charge >= 0.3 is 0 Å². The minimum atomic E-state index is -0.226. The van der Waals surface area contributed by atoms with E-state index in [-0.39, 0.29) is 12.5 Å². The lowest BCUT2D eigenvalue weighted by molar-refractivity contribution is -0.114. The zero-order chi connectivity index (χ0) is 15.2. The van der Waals surface area contributed by atoms with Crippen LogP contribution in [0.15, 0.2) is 42.5 Å². The molecule has 0 fully saturated rings. The average Bonchev–Trinajstić information content (AvgIpc) is 2.48. The van der Waals surface area contributed by atoms with Crippen molar-refractivity contribution in [2.45, 2.75) is 0 Å². The first-order valence-electron chi connectivity index (χ1n) is 6.07. The Hall–Kier alpha value is -2.22. The lowest BCUT2D eigenvalue weighted by Gasteiger charge is -2.09. The normalized spacial score (nSPS) is 9.76. The number of nitriles is 1. The van der Waals surface area contributed by atoms with Gasteiger partial charge in [0, 0.05) is 15.7 Å². The predicted octanol–water partition coefficient (Wildman–Crippen LogP) is 3.92. The standard InChI is InChI=1S/C15H11Cl2N3O/c16-11-1-4-13(5-2-11)20-15(21)9-19-14-6-3-12(17)7-10(14)8-18/h1-7,19H,9H2,(H,20,21). The molecule has 0 unspecified atom stereocenters. The second-order valence-corrected chi connectivity index (χ2v) is 5.08. The molecule has 2 aromatic rings. The van der Waals surface area contributed by atoms with E-state index in [0.717, 1.165) is 0 Å². The summed E-state index contributed by atoms with van der Waals surface area (Å²) in [6.07, 6.45) is 0. The molecule has 2 N–H and O–H groups in total. The van der Waals surface area contributed by atoms with Crippen LogP contribution in [0.5, 0.6) is 0 Å². The molecule has 0 aliphatic rings. The van der Waals surface area contributed by atoms with Crippen LogP contribution in [-0.4, -0.2) is 12.5 Å². The van der Waals surface area contributed by atoms with Crippen LogP contribution in [0, 0.1) is 11.3 Å². The lowest BCUT2D eigenvalue weighted by atomic mass is 10.2. The van der Waals surface area contributed by atoms with E-state index in [2.05, 4.69) is 10.6 Å². The number of rotatable bonds is 4. The van der Waals surface area contributed by atoms with Crippen molar-refractivity contribution in [3.63, 3.8) is 0 Å². The van der Waals surface area contributed by atoms with Crippen molar-refractivity contribution in [1.29, 1.82) is 5.26 Å². The number of carbonyl (C=O) groups is 1. The minimum Gasteiger partial charge on any atom is -0.375 e. The fourth-order valence-electron chi connectivity index (χ4n) is 1.68. The van der Waals surface area contributed by atoms with E-state index in [1.165, 1.54) is 0 Å². The highest BCUT2D eigenvalue weighted by atomic mass is 35.5. The molecular formula is C15H11Cl2N3O. The number of hydrogen-bond acceptors (Lipinski definition) is 3. The zero-order valence-corrected chi connectivity index (χ0v) is 12.4. The van der Waals surface area contributed by atoms with Gasteiger partial charge in [-0.15, -0.1) is 0 Å². The number of nitrogens with zero attached hydrogens (tertiary/aromatic N) is 1. The summed E-state index contributed by atoms with van der Waals surface area (Å²) in [5.74, 6) is -0.226. The average molecular weight is 320 g/mol. The molecule has 1 amide bonds. The van der Waals surface area contributed by atoms with Crippen LogP contribution in [0.4, 0.5) is 11.4 Å². The second kappa shape index (κ2) is 6.98. The quantitative estimate of drug-likeness (QED) is 0.897. The molecule has 4 nitrogen and oxygen atoms in total. The Labute approximate surface area is 132 Å². The van der Waals surface area contributed by atoms with Gasteiger partial charge in [-0.2, -0.15) is 5.26 Å². The molecule has 0 atom stereocenters. The zero-order valence-electron chi connectivity index (χ0n) is 10.9. The fourth-order valence-corrected chi connectivity index (χ4v) is 1.98. The number of benzene rings is 2. The van der Waals surface area contributed by atoms with Gasteiger partial charge in [-0.25, -0.2) is 0 Å². The van der Waals surface area contributed by atoms with Crippen molar-refractivity contribution >= 4 is 40.5 Å². The van der Waals surface area contributed by atoms with E-state index in [0.29, 0.717) is 27.0 Å². The van der Waals surface area contributed by atoms with Crippen LogP contribution in [-0.2, 0) is 4.79 Å². The van der Waals surface area contributed by atoms with E-state index in [1.54, 1.807) is 42.5 Å². The number of hydrogen-bond donors (Lipinski definition) is 2. The Kier molecular flexibility index (Phi) is 5.04. The Morgan fingerprint density at radius 1 is 1.10 bits per heavy atom. The molecule has 0 aromatic heterocycles. The Morgan fingerprint density at radius 2 is 1.76 bits per heavy atom. The monoisotopic (exact) mass is 319 g/mol. The summed E-state index contributed by atoms with van der Waals surface area (Å²) in [5.41, 5.74) is 1.61. The van der Waals surface area contributed by atoms with Crippen LogP contribution in [0.3, 0.4) is 0 Å². The van der Waals surface area contributed by atoms with Crippen LogP contribution in [0.2, 0.25) is 10.0 Å². The van der Waals surface area contributed by atoms with Crippen molar-refractivity contribution in [1.82, 2.24) is 0 Å². The molecule has 2 rings (SSSR count). The first-order chi connectivity index (χ1) is 10.1. The van der Waals surface area contributed by atoms with Crippen LogP contribution < -0.4 is 10.6 Å². The number of halogens is 2. The third kappa shape index (κ3) is 4.38. The highest BCUT2D eigenvalue weighted by Crippen LogP contribution is 2.19. The summed E-state index contributed by atoms with van der Waals surface area (Å²) in [6.45, 7) is 0.0406. The maximum atomic E-state index is 11.8. The first kappa shape index (κ1) is 15.2. The molecular weight excluding hydrogens is 309 g/mol. The van der Waals surface area contributed by atoms with Gasteiger partial charge in [-0.05, 0) is 42.5 Å². The lowest BCUT2D eigenvalue weighted by Crippen LogP contribution is -2.22. The number of nitrogens with one attached hydrogen (secondary N) is 2. The van der Waals surface area contributed by atoms with E-state index in [9.17, 15) is 4.79 Å². The van der Waals surface area contributed by atoms with Crippen molar-refractivity contribution in [3.8, 4) is 6.07 Å². The topological polar surface area (TPSA) is 64.9 Å². The molecule has 0 aliphatic heterocycles. The van der Waals surface area contributed by atoms with Crippen molar-refractivity contribution in [2.75, 3.05) is 17.2 Å². The van der Waals surface area contributed by atoms with Gasteiger partial charge in [-0.1, -0.05) is 23.2 Å². The SMILES string of the molecule is N#Cc1cc(Cl)ccc1NCC(=O)Nc1ccc(Cl)cc1. The molecule has 0 aliphatic carbocycles. The summed E-state index contributed by atoms with van der Waals surface area (Å²) < 4.78 is 0.